The van der Waals surface area contributed by atoms with E-state index in [4.69, 9.17) is 16.6 Å². The average molecular weight is 440 g/mol. The van der Waals surface area contributed by atoms with Crippen molar-refractivity contribution in [2.45, 2.75) is 24.7 Å². The van der Waals surface area contributed by atoms with Crippen LogP contribution < -0.4 is 4.72 Å². The molecule has 3 aromatic heterocycles. The van der Waals surface area contributed by atoms with Gasteiger partial charge in [-0.05, 0) is 53.9 Å². The number of benzene rings is 1. The second-order valence-corrected chi connectivity index (χ2v) is 8.82. The fourth-order valence-corrected chi connectivity index (χ4v) is 4.50. The van der Waals surface area contributed by atoms with Crippen LogP contribution in [-0.2, 0) is 0 Å². The Kier molecular flexibility index (Phi) is 6.08. The SMILES string of the molecule is CC(C)c1nc(-c2cccc(NSc3cccnc3)c2)c(-c2ccnc(Cl)n2)s1. The van der Waals surface area contributed by atoms with Gasteiger partial charge >= 0.3 is 0 Å². The van der Waals surface area contributed by atoms with Gasteiger partial charge < -0.3 is 4.72 Å². The Morgan fingerprint density at radius 2 is 1.97 bits per heavy atom. The van der Waals surface area contributed by atoms with Gasteiger partial charge in [0.1, 0.15) is 0 Å². The second-order valence-electron chi connectivity index (χ2n) is 6.57. The molecular weight excluding hydrogens is 422 g/mol. The van der Waals surface area contributed by atoms with E-state index in [1.165, 1.54) is 11.9 Å². The lowest BCUT2D eigenvalue weighted by Crippen LogP contribution is -1.91. The van der Waals surface area contributed by atoms with E-state index < -0.39 is 0 Å². The number of hydrogen-bond donors (Lipinski definition) is 1. The summed E-state index contributed by atoms with van der Waals surface area (Å²) in [6.07, 6.45) is 5.26. The smallest absolute Gasteiger partial charge is 0.222 e. The molecule has 4 aromatic rings. The Bertz CT molecular complexity index is 1120. The lowest BCUT2D eigenvalue weighted by molar-refractivity contribution is 0.853. The molecule has 5 nitrogen and oxygen atoms in total. The molecule has 1 N–H and O–H groups in total. The second kappa shape index (κ2) is 8.90. The zero-order valence-corrected chi connectivity index (χ0v) is 18.2. The molecule has 0 fully saturated rings. The number of halogens is 1. The number of anilines is 1. The highest BCUT2D eigenvalue weighted by Gasteiger charge is 2.18. The number of hydrogen-bond acceptors (Lipinski definition) is 7. The van der Waals surface area contributed by atoms with E-state index in [1.54, 1.807) is 23.7 Å². The molecule has 0 unspecified atom stereocenters. The highest BCUT2D eigenvalue weighted by molar-refractivity contribution is 8.00. The van der Waals surface area contributed by atoms with Crippen molar-refractivity contribution in [1.82, 2.24) is 19.9 Å². The summed E-state index contributed by atoms with van der Waals surface area (Å²) in [5, 5.41) is 1.30. The summed E-state index contributed by atoms with van der Waals surface area (Å²) in [5.74, 6) is 0.326. The van der Waals surface area contributed by atoms with Crippen LogP contribution in [0.4, 0.5) is 5.69 Å². The molecule has 0 saturated heterocycles. The minimum absolute atomic E-state index is 0.233. The zero-order chi connectivity index (χ0) is 20.2. The minimum Gasteiger partial charge on any atom is -0.326 e. The summed E-state index contributed by atoms with van der Waals surface area (Å²) in [5.41, 5.74) is 3.70. The summed E-state index contributed by atoms with van der Waals surface area (Å²) < 4.78 is 3.37. The van der Waals surface area contributed by atoms with E-state index in [-0.39, 0.29) is 5.28 Å². The van der Waals surface area contributed by atoms with Crippen molar-refractivity contribution >= 4 is 40.6 Å². The van der Waals surface area contributed by atoms with Crippen molar-refractivity contribution < 1.29 is 0 Å². The molecule has 29 heavy (non-hydrogen) atoms. The predicted octanol–water partition coefficient (Wildman–Crippen LogP) is 6.56. The third-order valence-corrected chi connectivity index (χ3v) is 6.43. The van der Waals surface area contributed by atoms with Gasteiger partial charge in [0.2, 0.25) is 5.28 Å². The fourth-order valence-electron chi connectivity index (χ4n) is 2.67. The third kappa shape index (κ3) is 4.75. The molecule has 0 saturated carbocycles. The highest BCUT2D eigenvalue weighted by atomic mass is 35.5. The summed E-state index contributed by atoms with van der Waals surface area (Å²) >= 11 is 9.20. The van der Waals surface area contributed by atoms with Crippen LogP contribution in [0, 0.1) is 0 Å². The van der Waals surface area contributed by atoms with E-state index in [1.807, 2.05) is 36.5 Å². The van der Waals surface area contributed by atoms with Crippen molar-refractivity contribution in [3.63, 3.8) is 0 Å². The topological polar surface area (TPSA) is 63.6 Å². The van der Waals surface area contributed by atoms with Crippen LogP contribution in [0.15, 0.2) is 66.0 Å². The van der Waals surface area contributed by atoms with Gasteiger partial charge in [0, 0.05) is 40.7 Å². The van der Waals surface area contributed by atoms with Gasteiger partial charge in [-0.1, -0.05) is 26.0 Å². The van der Waals surface area contributed by atoms with Crippen molar-refractivity contribution in [2.24, 2.45) is 0 Å². The molecule has 3 heterocycles. The van der Waals surface area contributed by atoms with E-state index in [9.17, 15) is 0 Å². The van der Waals surface area contributed by atoms with E-state index in [0.29, 0.717) is 5.92 Å². The van der Waals surface area contributed by atoms with E-state index >= 15 is 0 Å². The molecule has 8 heteroatoms. The average Bonchev–Trinajstić information content (AvgIpc) is 3.19. The number of nitrogens with zero attached hydrogens (tertiary/aromatic N) is 4. The predicted molar refractivity (Wildman–Crippen MR) is 121 cm³/mol. The molecule has 0 radical (unpaired) electrons. The first-order chi connectivity index (χ1) is 14.1. The van der Waals surface area contributed by atoms with Crippen LogP contribution >= 0.6 is 34.9 Å². The maximum Gasteiger partial charge on any atom is 0.222 e. The molecule has 0 atom stereocenters. The first-order valence-corrected chi connectivity index (χ1v) is 11.0. The molecule has 0 aliphatic heterocycles. The molecule has 1 aromatic carbocycles. The van der Waals surface area contributed by atoms with Gasteiger partial charge in [0.25, 0.3) is 0 Å². The summed E-state index contributed by atoms with van der Waals surface area (Å²) in [6, 6.07) is 14.0. The molecule has 0 aliphatic rings. The first-order valence-electron chi connectivity index (χ1n) is 9.03. The lowest BCUT2D eigenvalue weighted by atomic mass is 10.1. The molecule has 0 spiro atoms. The number of nitrogens with one attached hydrogen (secondary N) is 1. The van der Waals surface area contributed by atoms with E-state index in [0.717, 1.165) is 37.4 Å². The van der Waals surface area contributed by atoms with Crippen LogP contribution in [0.5, 0.6) is 0 Å². The fraction of sp³-hybridized carbons (Fsp3) is 0.143. The Hall–Kier alpha value is -2.48. The van der Waals surface area contributed by atoms with Crippen molar-refractivity contribution in [3.8, 4) is 21.8 Å². The molecular formula is C21H18ClN5S2. The van der Waals surface area contributed by atoms with Gasteiger partial charge in [0.15, 0.2) is 0 Å². The first kappa shape index (κ1) is 19.8. The van der Waals surface area contributed by atoms with Crippen LogP contribution in [0.2, 0.25) is 5.28 Å². The van der Waals surface area contributed by atoms with Crippen molar-refractivity contribution in [3.05, 3.63) is 71.3 Å². The van der Waals surface area contributed by atoms with Gasteiger partial charge in [-0.2, -0.15) is 0 Å². The minimum atomic E-state index is 0.233. The summed E-state index contributed by atoms with van der Waals surface area (Å²) in [6.45, 7) is 4.28. The maximum absolute atomic E-state index is 6.03. The Morgan fingerprint density at radius 1 is 1.07 bits per heavy atom. The molecule has 0 bridgehead atoms. The Labute approximate surface area is 182 Å². The number of rotatable bonds is 6. The van der Waals surface area contributed by atoms with Gasteiger partial charge in [-0.15, -0.1) is 11.3 Å². The monoisotopic (exact) mass is 439 g/mol. The zero-order valence-electron chi connectivity index (χ0n) is 15.8. The molecule has 146 valence electrons. The Morgan fingerprint density at radius 3 is 2.72 bits per heavy atom. The standard InChI is InChI=1S/C21H18ClN5S2/c1-13(2)20-26-18(19(28-20)17-8-10-24-21(22)25-17)14-5-3-6-15(11-14)27-29-16-7-4-9-23-12-16/h3-13,27H,1-2H3. The summed E-state index contributed by atoms with van der Waals surface area (Å²) in [7, 11) is 0. The molecule has 0 amide bonds. The van der Waals surface area contributed by atoms with Gasteiger partial charge in [-0.25, -0.2) is 15.0 Å². The summed E-state index contributed by atoms with van der Waals surface area (Å²) in [4.78, 5) is 19.5. The third-order valence-electron chi connectivity index (χ3n) is 4.05. The lowest BCUT2D eigenvalue weighted by Gasteiger charge is -2.08. The molecule has 4 rings (SSSR count). The van der Waals surface area contributed by atoms with Crippen LogP contribution in [0.3, 0.4) is 0 Å². The van der Waals surface area contributed by atoms with Crippen LogP contribution in [0.1, 0.15) is 24.8 Å². The normalized spacial score (nSPS) is 11.0. The van der Waals surface area contributed by atoms with Crippen molar-refractivity contribution in [2.75, 3.05) is 4.72 Å². The highest BCUT2D eigenvalue weighted by Crippen LogP contribution is 2.39. The maximum atomic E-state index is 6.03. The van der Waals surface area contributed by atoms with E-state index in [2.05, 4.69) is 45.7 Å². The van der Waals surface area contributed by atoms with Gasteiger partial charge in [-0.3, -0.25) is 4.98 Å². The van der Waals surface area contributed by atoms with Crippen LogP contribution in [-0.4, -0.2) is 19.9 Å². The van der Waals surface area contributed by atoms with Crippen molar-refractivity contribution in [1.29, 1.82) is 0 Å². The quantitative estimate of drug-likeness (QED) is 0.271. The molecule has 0 aliphatic carbocycles. The Balaban J connectivity index is 1.69. The largest absolute Gasteiger partial charge is 0.326 e. The number of aromatic nitrogens is 4. The van der Waals surface area contributed by atoms with Gasteiger partial charge in [0.05, 0.1) is 21.3 Å². The van der Waals surface area contributed by atoms with Crippen LogP contribution in [0.25, 0.3) is 21.8 Å². The number of thiazole rings is 1. The number of pyridine rings is 1.